The van der Waals surface area contributed by atoms with E-state index in [1.807, 2.05) is 0 Å². The highest BCUT2D eigenvalue weighted by molar-refractivity contribution is 5.98. The maximum Gasteiger partial charge on any atom is 0.159 e. The Balaban J connectivity index is 2.57. The van der Waals surface area contributed by atoms with Gasteiger partial charge in [0.15, 0.2) is 5.78 Å². The minimum Gasteiger partial charge on any atom is -0.295 e. The van der Waals surface area contributed by atoms with Gasteiger partial charge < -0.3 is 0 Å². The van der Waals surface area contributed by atoms with E-state index in [1.165, 1.54) is 0 Å². The van der Waals surface area contributed by atoms with Crippen molar-refractivity contribution >= 4 is 5.78 Å². The van der Waals surface area contributed by atoms with Crippen LogP contribution in [0.4, 0.5) is 0 Å². The van der Waals surface area contributed by atoms with Crippen LogP contribution in [0.25, 0.3) is 0 Å². The molecular weight excluding hydrogens is 148 g/mol. The molecule has 0 aromatic rings. The van der Waals surface area contributed by atoms with Gasteiger partial charge in [0, 0.05) is 12.3 Å². The predicted molar refractivity (Wildman–Crippen MR) is 50.9 cm³/mol. The van der Waals surface area contributed by atoms with Gasteiger partial charge in [0.25, 0.3) is 0 Å². The largest absolute Gasteiger partial charge is 0.295 e. The van der Waals surface area contributed by atoms with Crippen LogP contribution in [0.5, 0.6) is 0 Å². The molecule has 0 N–H and O–H groups in total. The fourth-order valence-electron chi connectivity index (χ4n) is 1.50. The molecule has 0 bridgehead atoms. The lowest BCUT2D eigenvalue weighted by Crippen LogP contribution is -2.03. The van der Waals surface area contributed by atoms with Crippen molar-refractivity contribution in [3.8, 4) is 0 Å². The number of Topliss-reactive ketones (excluding diaryl/α,β-unsaturated/α-hetero) is 1. The molecule has 0 aliphatic heterocycles. The first-order valence-electron chi connectivity index (χ1n) is 4.65. The molecule has 1 unspecified atom stereocenters. The zero-order chi connectivity index (χ0) is 8.97. The molecule has 1 heteroatoms. The Hall–Kier alpha value is -0.850. The van der Waals surface area contributed by atoms with Gasteiger partial charge in [-0.3, -0.25) is 4.79 Å². The summed E-state index contributed by atoms with van der Waals surface area (Å²) in [6.07, 6.45) is 9.03. The van der Waals surface area contributed by atoms with Gasteiger partial charge >= 0.3 is 0 Å². The molecular formula is C11H16O. The lowest BCUT2D eigenvalue weighted by Gasteiger charge is -2.05. The van der Waals surface area contributed by atoms with Crippen LogP contribution in [0.3, 0.4) is 0 Å². The molecule has 0 heterocycles. The summed E-state index contributed by atoms with van der Waals surface area (Å²) >= 11 is 0. The number of ketones is 1. The SMILES string of the molecule is CC/C=C/C(C)C1=CCCC1=O. The topological polar surface area (TPSA) is 17.1 Å². The van der Waals surface area contributed by atoms with Crippen molar-refractivity contribution < 1.29 is 4.79 Å². The lowest BCUT2D eigenvalue weighted by atomic mass is 9.99. The van der Waals surface area contributed by atoms with Crippen LogP contribution >= 0.6 is 0 Å². The Morgan fingerprint density at radius 2 is 2.42 bits per heavy atom. The molecule has 0 saturated heterocycles. The number of hydrogen-bond acceptors (Lipinski definition) is 1. The molecule has 0 radical (unpaired) electrons. The first-order chi connectivity index (χ1) is 5.75. The van der Waals surface area contributed by atoms with E-state index in [2.05, 4.69) is 32.1 Å². The Labute approximate surface area is 74.2 Å². The molecule has 1 aliphatic rings. The van der Waals surface area contributed by atoms with Crippen molar-refractivity contribution in [1.82, 2.24) is 0 Å². The lowest BCUT2D eigenvalue weighted by molar-refractivity contribution is -0.115. The smallest absolute Gasteiger partial charge is 0.159 e. The van der Waals surface area contributed by atoms with Crippen molar-refractivity contribution in [2.24, 2.45) is 5.92 Å². The molecule has 0 amide bonds. The summed E-state index contributed by atoms with van der Waals surface area (Å²) in [6.45, 7) is 4.19. The second kappa shape index (κ2) is 4.24. The summed E-state index contributed by atoms with van der Waals surface area (Å²) in [6, 6.07) is 0. The minimum atomic E-state index is 0.319. The molecule has 1 rings (SSSR count). The highest BCUT2D eigenvalue weighted by atomic mass is 16.1. The summed E-state index contributed by atoms with van der Waals surface area (Å²) < 4.78 is 0. The maximum atomic E-state index is 11.3. The Bertz CT molecular complexity index is 223. The molecule has 1 aliphatic carbocycles. The molecule has 0 aromatic carbocycles. The predicted octanol–water partition coefficient (Wildman–Crippen LogP) is 2.88. The van der Waals surface area contributed by atoms with Gasteiger partial charge in [-0.1, -0.05) is 32.1 Å². The zero-order valence-corrected chi connectivity index (χ0v) is 7.84. The Kier molecular flexibility index (Phi) is 3.27. The number of carbonyl (C=O) groups is 1. The average Bonchev–Trinajstić information content (AvgIpc) is 2.47. The van der Waals surface area contributed by atoms with Gasteiger partial charge in [-0.15, -0.1) is 0 Å². The van der Waals surface area contributed by atoms with E-state index in [-0.39, 0.29) is 0 Å². The molecule has 66 valence electrons. The van der Waals surface area contributed by atoms with Gasteiger partial charge in [-0.2, -0.15) is 0 Å². The molecule has 0 aromatic heterocycles. The highest BCUT2D eigenvalue weighted by Crippen LogP contribution is 2.22. The quantitative estimate of drug-likeness (QED) is 0.586. The van der Waals surface area contributed by atoms with E-state index < -0.39 is 0 Å². The second-order valence-electron chi connectivity index (χ2n) is 3.25. The first kappa shape index (κ1) is 9.24. The fraction of sp³-hybridized carbons (Fsp3) is 0.545. The van der Waals surface area contributed by atoms with E-state index in [9.17, 15) is 4.79 Å². The van der Waals surface area contributed by atoms with Crippen LogP contribution in [0.1, 0.15) is 33.1 Å². The summed E-state index contributed by atoms with van der Waals surface area (Å²) in [5, 5.41) is 0. The second-order valence-corrected chi connectivity index (χ2v) is 3.25. The fourth-order valence-corrected chi connectivity index (χ4v) is 1.50. The van der Waals surface area contributed by atoms with Crippen LogP contribution in [-0.4, -0.2) is 5.78 Å². The molecule has 0 saturated carbocycles. The molecule has 0 fully saturated rings. The number of rotatable bonds is 3. The van der Waals surface area contributed by atoms with E-state index in [1.54, 1.807) is 0 Å². The van der Waals surface area contributed by atoms with Gasteiger partial charge in [-0.25, -0.2) is 0 Å². The van der Waals surface area contributed by atoms with Crippen LogP contribution in [0.15, 0.2) is 23.8 Å². The first-order valence-corrected chi connectivity index (χ1v) is 4.65. The van der Waals surface area contributed by atoms with Gasteiger partial charge in [-0.05, 0) is 18.4 Å². The molecule has 0 spiro atoms. The van der Waals surface area contributed by atoms with Crippen LogP contribution in [-0.2, 0) is 4.79 Å². The summed E-state index contributed by atoms with van der Waals surface area (Å²) in [5.74, 6) is 0.656. The summed E-state index contributed by atoms with van der Waals surface area (Å²) in [7, 11) is 0. The Morgan fingerprint density at radius 1 is 1.67 bits per heavy atom. The third-order valence-electron chi connectivity index (χ3n) is 2.21. The van der Waals surface area contributed by atoms with Crippen molar-refractivity contribution in [2.45, 2.75) is 33.1 Å². The molecule has 1 nitrogen and oxygen atoms in total. The molecule has 1 atom stereocenters. The normalized spacial score (nSPS) is 20.2. The summed E-state index contributed by atoms with van der Waals surface area (Å²) in [5.41, 5.74) is 1.01. The highest BCUT2D eigenvalue weighted by Gasteiger charge is 2.18. The third-order valence-corrected chi connectivity index (χ3v) is 2.21. The van der Waals surface area contributed by atoms with Crippen LogP contribution < -0.4 is 0 Å². The maximum absolute atomic E-state index is 11.3. The van der Waals surface area contributed by atoms with Gasteiger partial charge in [0.1, 0.15) is 0 Å². The van der Waals surface area contributed by atoms with Crippen molar-refractivity contribution in [1.29, 1.82) is 0 Å². The monoisotopic (exact) mass is 164 g/mol. The minimum absolute atomic E-state index is 0.319. The zero-order valence-electron chi connectivity index (χ0n) is 7.84. The van der Waals surface area contributed by atoms with Crippen LogP contribution in [0.2, 0.25) is 0 Å². The van der Waals surface area contributed by atoms with Crippen molar-refractivity contribution in [3.63, 3.8) is 0 Å². The van der Waals surface area contributed by atoms with Gasteiger partial charge in [0.2, 0.25) is 0 Å². The number of hydrogen-bond donors (Lipinski definition) is 0. The standard InChI is InChI=1S/C11H16O/c1-3-4-6-9(2)10-7-5-8-11(10)12/h4,6-7,9H,3,5,8H2,1-2H3/b6-4+. The van der Waals surface area contributed by atoms with E-state index in [0.29, 0.717) is 11.7 Å². The van der Waals surface area contributed by atoms with E-state index in [0.717, 1.165) is 24.8 Å². The summed E-state index contributed by atoms with van der Waals surface area (Å²) in [4.78, 5) is 11.3. The molecule has 12 heavy (non-hydrogen) atoms. The third kappa shape index (κ3) is 2.07. The van der Waals surface area contributed by atoms with E-state index >= 15 is 0 Å². The average molecular weight is 164 g/mol. The van der Waals surface area contributed by atoms with Crippen molar-refractivity contribution in [2.75, 3.05) is 0 Å². The Morgan fingerprint density at radius 3 is 2.92 bits per heavy atom. The van der Waals surface area contributed by atoms with Gasteiger partial charge in [0.05, 0.1) is 0 Å². The van der Waals surface area contributed by atoms with Crippen LogP contribution in [0, 0.1) is 5.92 Å². The van der Waals surface area contributed by atoms with E-state index in [4.69, 9.17) is 0 Å². The van der Waals surface area contributed by atoms with Crippen molar-refractivity contribution in [3.05, 3.63) is 23.8 Å². The number of allylic oxidation sites excluding steroid dienone is 4. The number of carbonyl (C=O) groups excluding carboxylic acids is 1.